The van der Waals surface area contributed by atoms with Gasteiger partial charge in [-0.05, 0) is 73.0 Å². The quantitative estimate of drug-likeness (QED) is 0.601. The SMILES string of the molecule is COc1cccc(NS(=O)(=O)c2ccc3c(c2)CCCN3C(=O)c2ccc(Cl)cc2)c1. The van der Waals surface area contributed by atoms with Crippen LogP contribution in [0.15, 0.2) is 71.6 Å². The summed E-state index contributed by atoms with van der Waals surface area (Å²) in [4.78, 5) is 14.8. The van der Waals surface area contributed by atoms with Crippen LogP contribution in [0.4, 0.5) is 11.4 Å². The monoisotopic (exact) mass is 456 g/mol. The van der Waals surface area contributed by atoms with Crippen molar-refractivity contribution in [1.82, 2.24) is 0 Å². The third-order valence-corrected chi connectivity index (χ3v) is 6.77. The summed E-state index contributed by atoms with van der Waals surface area (Å²) in [6.45, 7) is 0.572. The van der Waals surface area contributed by atoms with Gasteiger partial charge in [-0.1, -0.05) is 17.7 Å². The molecule has 1 N–H and O–H groups in total. The van der Waals surface area contributed by atoms with Gasteiger partial charge in [-0.15, -0.1) is 0 Å². The lowest BCUT2D eigenvalue weighted by Gasteiger charge is -2.30. The van der Waals surface area contributed by atoms with Gasteiger partial charge < -0.3 is 9.64 Å². The van der Waals surface area contributed by atoms with Crippen LogP contribution < -0.4 is 14.4 Å². The van der Waals surface area contributed by atoms with Gasteiger partial charge in [0.15, 0.2) is 0 Å². The second-order valence-corrected chi connectivity index (χ2v) is 9.31. The molecule has 3 aromatic rings. The first-order valence-corrected chi connectivity index (χ1v) is 11.6. The second kappa shape index (κ2) is 8.61. The molecule has 1 heterocycles. The van der Waals surface area contributed by atoms with Crippen molar-refractivity contribution in [3.8, 4) is 5.75 Å². The number of amides is 1. The van der Waals surface area contributed by atoms with Gasteiger partial charge in [-0.3, -0.25) is 9.52 Å². The van der Waals surface area contributed by atoms with Crippen molar-refractivity contribution in [2.24, 2.45) is 0 Å². The van der Waals surface area contributed by atoms with Gasteiger partial charge in [0.25, 0.3) is 15.9 Å². The van der Waals surface area contributed by atoms with Gasteiger partial charge in [0.05, 0.1) is 17.7 Å². The molecule has 0 fully saturated rings. The fraction of sp³-hybridized carbons (Fsp3) is 0.174. The van der Waals surface area contributed by atoms with Gasteiger partial charge in [0, 0.05) is 28.9 Å². The first-order chi connectivity index (χ1) is 14.9. The molecule has 0 unspecified atom stereocenters. The van der Waals surface area contributed by atoms with Crippen LogP contribution in [0, 0.1) is 0 Å². The lowest BCUT2D eigenvalue weighted by molar-refractivity contribution is 0.0985. The average molecular weight is 457 g/mol. The maximum absolute atomic E-state index is 13.0. The number of nitrogens with one attached hydrogen (secondary N) is 1. The van der Waals surface area contributed by atoms with Gasteiger partial charge in [-0.25, -0.2) is 8.42 Å². The van der Waals surface area contributed by atoms with Crippen molar-refractivity contribution in [3.63, 3.8) is 0 Å². The Kier molecular flexibility index (Phi) is 5.89. The normalized spacial score (nSPS) is 13.4. The molecule has 4 rings (SSSR count). The molecule has 0 spiro atoms. The molecular formula is C23H21ClN2O4S. The molecule has 0 aliphatic carbocycles. The number of hydrogen-bond donors (Lipinski definition) is 1. The molecule has 1 amide bonds. The highest BCUT2D eigenvalue weighted by Crippen LogP contribution is 2.31. The Labute approximate surface area is 186 Å². The van der Waals surface area contributed by atoms with Crippen LogP contribution in [-0.4, -0.2) is 28.0 Å². The minimum atomic E-state index is -3.79. The van der Waals surface area contributed by atoms with Crippen LogP contribution >= 0.6 is 11.6 Å². The highest BCUT2D eigenvalue weighted by Gasteiger charge is 2.25. The summed E-state index contributed by atoms with van der Waals surface area (Å²) in [6, 6.07) is 18.3. The van der Waals surface area contributed by atoms with Gasteiger partial charge in [0.1, 0.15) is 5.75 Å². The summed E-state index contributed by atoms with van der Waals surface area (Å²) in [5.74, 6) is 0.421. The van der Waals surface area contributed by atoms with E-state index in [1.54, 1.807) is 65.6 Å². The molecule has 0 saturated heterocycles. The van der Waals surface area contributed by atoms with E-state index in [0.29, 0.717) is 35.0 Å². The predicted molar refractivity (Wildman–Crippen MR) is 122 cm³/mol. The summed E-state index contributed by atoms with van der Waals surface area (Å²) >= 11 is 5.92. The number of hydrogen-bond acceptors (Lipinski definition) is 4. The third kappa shape index (κ3) is 4.52. The van der Waals surface area contributed by atoms with Gasteiger partial charge in [0.2, 0.25) is 0 Å². The molecule has 0 radical (unpaired) electrons. The first-order valence-electron chi connectivity index (χ1n) is 9.74. The summed E-state index contributed by atoms with van der Waals surface area (Å²) in [7, 11) is -2.27. The van der Waals surface area contributed by atoms with Crippen LogP contribution in [0.25, 0.3) is 0 Å². The molecule has 160 valence electrons. The van der Waals surface area contributed by atoms with Crippen molar-refractivity contribution >= 4 is 38.9 Å². The Bertz CT molecular complexity index is 1230. The number of nitrogens with zero attached hydrogens (tertiary/aromatic N) is 1. The third-order valence-electron chi connectivity index (χ3n) is 5.14. The van der Waals surface area contributed by atoms with Crippen molar-refractivity contribution in [2.75, 3.05) is 23.3 Å². The molecule has 1 aliphatic heterocycles. The Morgan fingerprint density at radius 1 is 1.06 bits per heavy atom. The zero-order chi connectivity index (χ0) is 22.0. The molecule has 8 heteroatoms. The average Bonchev–Trinajstić information content (AvgIpc) is 2.78. The van der Waals surface area contributed by atoms with E-state index in [4.69, 9.17) is 16.3 Å². The van der Waals surface area contributed by atoms with Crippen molar-refractivity contribution in [1.29, 1.82) is 0 Å². The van der Waals surface area contributed by atoms with E-state index >= 15 is 0 Å². The fourth-order valence-corrected chi connectivity index (χ4v) is 4.83. The topological polar surface area (TPSA) is 75.7 Å². The largest absolute Gasteiger partial charge is 0.497 e. The Hall–Kier alpha value is -3.03. The van der Waals surface area contributed by atoms with Crippen LogP contribution in [0.5, 0.6) is 5.75 Å². The summed E-state index contributed by atoms with van der Waals surface area (Å²) < 4.78 is 33.5. The number of benzene rings is 3. The minimum Gasteiger partial charge on any atom is -0.497 e. The number of methoxy groups -OCH3 is 1. The predicted octanol–water partition coefficient (Wildman–Crippen LogP) is 4.74. The summed E-state index contributed by atoms with van der Waals surface area (Å²) in [5.41, 5.74) is 2.50. The van der Waals surface area contributed by atoms with E-state index in [0.717, 1.165) is 17.7 Å². The first kappa shape index (κ1) is 21.2. The number of carbonyl (C=O) groups is 1. The maximum Gasteiger partial charge on any atom is 0.261 e. The molecule has 0 aromatic heterocycles. The molecule has 31 heavy (non-hydrogen) atoms. The number of anilines is 2. The van der Waals surface area contributed by atoms with Crippen LogP contribution in [0.1, 0.15) is 22.3 Å². The van der Waals surface area contributed by atoms with Gasteiger partial charge >= 0.3 is 0 Å². The number of rotatable bonds is 5. The Balaban J connectivity index is 1.61. The molecular weight excluding hydrogens is 436 g/mol. The lowest BCUT2D eigenvalue weighted by Crippen LogP contribution is -2.35. The minimum absolute atomic E-state index is 0.136. The van der Waals surface area contributed by atoms with E-state index in [-0.39, 0.29) is 10.8 Å². The lowest BCUT2D eigenvalue weighted by atomic mass is 10.0. The maximum atomic E-state index is 13.0. The fourth-order valence-electron chi connectivity index (χ4n) is 3.60. The zero-order valence-electron chi connectivity index (χ0n) is 16.8. The highest BCUT2D eigenvalue weighted by atomic mass is 35.5. The zero-order valence-corrected chi connectivity index (χ0v) is 18.4. The van der Waals surface area contributed by atoms with Crippen LogP contribution in [0.2, 0.25) is 5.02 Å². The van der Waals surface area contributed by atoms with Crippen LogP contribution in [0.3, 0.4) is 0 Å². The number of halogens is 1. The highest BCUT2D eigenvalue weighted by molar-refractivity contribution is 7.92. The molecule has 3 aromatic carbocycles. The summed E-state index contributed by atoms with van der Waals surface area (Å²) in [6.07, 6.45) is 1.45. The number of fused-ring (bicyclic) bond motifs is 1. The van der Waals surface area contributed by atoms with Crippen molar-refractivity contribution in [3.05, 3.63) is 82.9 Å². The number of aryl methyl sites for hydroxylation is 1. The Morgan fingerprint density at radius 3 is 2.58 bits per heavy atom. The van der Waals surface area contributed by atoms with E-state index in [1.165, 1.54) is 13.2 Å². The number of ether oxygens (including phenoxy) is 1. The smallest absolute Gasteiger partial charge is 0.261 e. The molecule has 0 saturated carbocycles. The van der Waals surface area contributed by atoms with Crippen LogP contribution in [-0.2, 0) is 16.4 Å². The second-order valence-electron chi connectivity index (χ2n) is 7.20. The number of sulfonamides is 1. The van der Waals surface area contributed by atoms with Crippen molar-refractivity contribution in [2.45, 2.75) is 17.7 Å². The number of carbonyl (C=O) groups excluding carboxylic acids is 1. The van der Waals surface area contributed by atoms with Gasteiger partial charge in [-0.2, -0.15) is 0 Å². The van der Waals surface area contributed by atoms with E-state index < -0.39 is 10.0 Å². The standard InChI is InChI=1S/C23H21ClN2O4S/c1-30-20-6-2-5-19(15-20)25-31(28,29)21-11-12-22-17(14-21)4-3-13-26(22)23(27)16-7-9-18(24)10-8-16/h2,5-12,14-15,25H,3-4,13H2,1H3. The van der Waals surface area contributed by atoms with Crippen molar-refractivity contribution < 1.29 is 17.9 Å². The molecule has 0 atom stereocenters. The molecule has 6 nitrogen and oxygen atoms in total. The van der Waals surface area contributed by atoms with E-state index in [9.17, 15) is 13.2 Å². The summed E-state index contributed by atoms with van der Waals surface area (Å²) in [5, 5.41) is 0.564. The van der Waals surface area contributed by atoms with E-state index in [1.807, 2.05) is 0 Å². The molecule has 0 bridgehead atoms. The Morgan fingerprint density at radius 2 is 1.84 bits per heavy atom. The van der Waals surface area contributed by atoms with E-state index in [2.05, 4.69) is 4.72 Å². The molecule has 1 aliphatic rings.